The van der Waals surface area contributed by atoms with E-state index in [9.17, 15) is 9.18 Å². The zero-order valence-corrected chi connectivity index (χ0v) is 14.9. The molecular formula is C21H22FNO3. The lowest BCUT2D eigenvalue weighted by atomic mass is 10.1. The van der Waals surface area contributed by atoms with E-state index in [1.54, 1.807) is 30.2 Å². The first-order valence-electron chi connectivity index (χ1n) is 8.11. The maximum absolute atomic E-state index is 13.7. The Morgan fingerprint density at radius 2 is 1.88 bits per heavy atom. The van der Waals surface area contributed by atoms with Crippen molar-refractivity contribution in [2.75, 3.05) is 20.8 Å². The molecule has 0 aliphatic carbocycles. The van der Waals surface area contributed by atoms with Crippen LogP contribution >= 0.6 is 0 Å². The number of ether oxygens (including phenoxy) is 2. The molecule has 0 aliphatic rings. The number of carbonyl (C=O) groups is 1. The summed E-state index contributed by atoms with van der Waals surface area (Å²) in [4.78, 5) is 14.1. The quantitative estimate of drug-likeness (QED) is 0.529. The van der Waals surface area contributed by atoms with E-state index in [4.69, 9.17) is 9.47 Å². The average molecular weight is 355 g/mol. The Bertz CT molecular complexity index is 784. The highest BCUT2D eigenvalue weighted by atomic mass is 19.1. The van der Waals surface area contributed by atoms with E-state index in [2.05, 4.69) is 6.58 Å². The molecule has 0 atom stereocenters. The Labute approximate surface area is 153 Å². The number of hydrogen-bond acceptors (Lipinski definition) is 3. The van der Waals surface area contributed by atoms with Crippen molar-refractivity contribution in [3.05, 3.63) is 78.1 Å². The lowest BCUT2D eigenvalue weighted by Crippen LogP contribution is -2.29. The second kappa shape index (κ2) is 9.42. The van der Waals surface area contributed by atoms with Crippen LogP contribution in [0.2, 0.25) is 0 Å². The lowest BCUT2D eigenvalue weighted by molar-refractivity contribution is -0.126. The first-order chi connectivity index (χ1) is 12.6. The van der Waals surface area contributed by atoms with Crippen molar-refractivity contribution in [1.82, 2.24) is 4.90 Å². The Kier molecular flexibility index (Phi) is 6.97. The third kappa shape index (κ3) is 5.21. The van der Waals surface area contributed by atoms with Gasteiger partial charge in [-0.05, 0) is 41.5 Å². The maximum Gasteiger partial charge on any atom is 0.247 e. The Balaban J connectivity index is 2.09. The first-order valence-corrected chi connectivity index (χ1v) is 8.11. The highest BCUT2D eigenvalue weighted by Gasteiger charge is 2.10. The number of carbonyl (C=O) groups excluding carboxylic acids is 1. The van der Waals surface area contributed by atoms with E-state index in [0.29, 0.717) is 18.7 Å². The van der Waals surface area contributed by atoms with E-state index in [0.717, 1.165) is 11.3 Å². The van der Waals surface area contributed by atoms with E-state index in [1.165, 1.54) is 25.3 Å². The van der Waals surface area contributed by atoms with Crippen LogP contribution in [-0.4, -0.2) is 31.6 Å². The molecule has 136 valence electrons. The molecule has 0 radical (unpaired) electrons. The number of halogens is 1. The molecule has 0 N–H and O–H groups in total. The van der Waals surface area contributed by atoms with Gasteiger partial charge in [-0.2, -0.15) is 0 Å². The van der Waals surface area contributed by atoms with Crippen molar-refractivity contribution in [2.24, 2.45) is 0 Å². The second-order valence-electron chi connectivity index (χ2n) is 5.58. The van der Waals surface area contributed by atoms with Gasteiger partial charge in [0.1, 0.15) is 5.75 Å². The van der Waals surface area contributed by atoms with E-state index < -0.39 is 5.82 Å². The third-order valence-corrected chi connectivity index (χ3v) is 3.79. The molecule has 0 aromatic heterocycles. The van der Waals surface area contributed by atoms with Crippen LogP contribution in [0.3, 0.4) is 0 Å². The monoisotopic (exact) mass is 355 g/mol. The zero-order valence-electron chi connectivity index (χ0n) is 14.9. The van der Waals surface area contributed by atoms with Gasteiger partial charge in [-0.1, -0.05) is 24.3 Å². The molecule has 2 aromatic rings. The van der Waals surface area contributed by atoms with Gasteiger partial charge >= 0.3 is 0 Å². The minimum Gasteiger partial charge on any atom is -0.497 e. The third-order valence-electron chi connectivity index (χ3n) is 3.79. The van der Waals surface area contributed by atoms with Crippen LogP contribution in [0.15, 0.2) is 61.2 Å². The molecule has 0 unspecified atom stereocenters. The fourth-order valence-corrected chi connectivity index (χ4v) is 2.40. The molecule has 2 aromatic carbocycles. The van der Waals surface area contributed by atoms with Gasteiger partial charge in [0.25, 0.3) is 0 Å². The topological polar surface area (TPSA) is 38.8 Å². The molecule has 4 nitrogen and oxygen atoms in total. The van der Waals surface area contributed by atoms with Crippen LogP contribution < -0.4 is 9.47 Å². The van der Waals surface area contributed by atoms with Gasteiger partial charge in [0.05, 0.1) is 14.2 Å². The van der Waals surface area contributed by atoms with Crippen LogP contribution in [0.5, 0.6) is 11.5 Å². The summed E-state index contributed by atoms with van der Waals surface area (Å²) in [6.45, 7) is 4.55. The summed E-state index contributed by atoms with van der Waals surface area (Å²) in [5, 5.41) is 0. The van der Waals surface area contributed by atoms with Gasteiger partial charge < -0.3 is 14.4 Å². The maximum atomic E-state index is 13.7. The Hall–Kier alpha value is -3.08. The number of hydrogen-bond donors (Lipinski definition) is 0. The zero-order chi connectivity index (χ0) is 18.9. The van der Waals surface area contributed by atoms with E-state index in [-0.39, 0.29) is 11.7 Å². The fourth-order valence-electron chi connectivity index (χ4n) is 2.40. The first kappa shape index (κ1) is 19.2. The van der Waals surface area contributed by atoms with Gasteiger partial charge in [-0.3, -0.25) is 4.79 Å². The van der Waals surface area contributed by atoms with Gasteiger partial charge in [0.15, 0.2) is 11.6 Å². The van der Waals surface area contributed by atoms with Crippen LogP contribution in [0.25, 0.3) is 6.08 Å². The van der Waals surface area contributed by atoms with Crippen molar-refractivity contribution in [3.8, 4) is 11.5 Å². The summed E-state index contributed by atoms with van der Waals surface area (Å²) in [5.41, 5.74) is 1.56. The summed E-state index contributed by atoms with van der Waals surface area (Å²) in [5.74, 6) is 0.276. The Morgan fingerprint density at radius 1 is 1.15 bits per heavy atom. The second-order valence-corrected chi connectivity index (χ2v) is 5.58. The molecular weight excluding hydrogens is 333 g/mol. The number of amides is 1. The van der Waals surface area contributed by atoms with Crippen LogP contribution in [0, 0.1) is 5.82 Å². The van der Waals surface area contributed by atoms with Crippen LogP contribution in [-0.2, 0) is 11.3 Å². The normalized spacial score (nSPS) is 10.6. The SMILES string of the molecule is C=CCN(Cc1ccc(OC)cc1)C(=O)/C=C/c1ccc(OC)c(F)c1. The average Bonchev–Trinajstić information content (AvgIpc) is 2.66. The summed E-state index contributed by atoms with van der Waals surface area (Å²) < 4.78 is 23.7. The van der Waals surface area contributed by atoms with Crippen molar-refractivity contribution in [1.29, 1.82) is 0 Å². The van der Waals surface area contributed by atoms with Gasteiger partial charge in [-0.25, -0.2) is 4.39 Å². The predicted octanol–water partition coefficient (Wildman–Crippen LogP) is 4.07. The number of methoxy groups -OCH3 is 2. The van der Waals surface area contributed by atoms with E-state index >= 15 is 0 Å². The molecule has 5 heteroatoms. The predicted molar refractivity (Wildman–Crippen MR) is 101 cm³/mol. The summed E-state index contributed by atoms with van der Waals surface area (Å²) in [6, 6.07) is 12.1. The summed E-state index contributed by atoms with van der Waals surface area (Å²) in [7, 11) is 3.01. The molecule has 0 aliphatic heterocycles. The number of benzene rings is 2. The molecule has 0 spiro atoms. The van der Waals surface area contributed by atoms with E-state index in [1.807, 2.05) is 24.3 Å². The van der Waals surface area contributed by atoms with Gasteiger partial charge in [0.2, 0.25) is 5.91 Å². The minimum atomic E-state index is -0.469. The molecule has 0 fully saturated rings. The highest BCUT2D eigenvalue weighted by molar-refractivity contribution is 5.91. The Morgan fingerprint density at radius 3 is 2.46 bits per heavy atom. The molecule has 0 saturated carbocycles. The van der Waals surface area contributed by atoms with Crippen molar-refractivity contribution in [2.45, 2.75) is 6.54 Å². The van der Waals surface area contributed by atoms with Crippen molar-refractivity contribution in [3.63, 3.8) is 0 Å². The molecule has 0 bridgehead atoms. The van der Waals surface area contributed by atoms with Gasteiger partial charge in [-0.15, -0.1) is 6.58 Å². The molecule has 2 rings (SSSR count). The molecule has 0 saturated heterocycles. The standard InChI is InChI=1S/C21H22FNO3/c1-4-13-23(15-17-5-9-18(25-2)10-6-17)21(24)12-8-16-7-11-20(26-3)19(22)14-16/h4-12,14H,1,13,15H2,2-3H3/b12-8+. The van der Waals surface area contributed by atoms with Gasteiger partial charge in [0, 0.05) is 19.2 Å². The van der Waals surface area contributed by atoms with Crippen LogP contribution in [0.4, 0.5) is 4.39 Å². The smallest absolute Gasteiger partial charge is 0.247 e. The molecule has 1 amide bonds. The lowest BCUT2D eigenvalue weighted by Gasteiger charge is -2.19. The minimum absolute atomic E-state index is 0.168. The summed E-state index contributed by atoms with van der Waals surface area (Å²) in [6.07, 6.45) is 4.67. The number of nitrogens with zero attached hydrogens (tertiary/aromatic N) is 1. The van der Waals surface area contributed by atoms with Crippen LogP contribution in [0.1, 0.15) is 11.1 Å². The van der Waals surface area contributed by atoms with Crippen molar-refractivity contribution >= 4 is 12.0 Å². The fraction of sp³-hybridized carbons (Fsp3) is 0.190. The number of rotatable bonds is 8. The molecule has 0 heterocycles. The largest absolute Gasteiger partial charge is 0.497 e. The molecule has 26 heavy (non-hydrogen) atoms. The highest BCUT2D eigenvalue weighted by Crippen LogP contribution is 2.18. The van der Waals surface area contributed by atoms with Crippen molar-refractivity contribution < 1.29 is 18.7 Å². The summed E-state index contributed by atoms with van der Waals surface area (Å²) >= 11 is 0.